The molecule has 0 radical (unpaired) electrons. The predicted molar refractivity (Wildman–Crippen MR) is 65.6 cm³/mol. The summed E-state index contributed by atoms with van der Waals surface area (Å²) >= 11 is 0. The van der Waals surface area contributed by atoms with Crippen LogP contribution in [0, 0.1) is 0 Å². The molecule has 2 heterocycles. The summed E-state index contributed by atoms with van der Waals surface area (Å²) in [7, 11) is 0. The highest BCUT2D eigenvalue weighted by Crippen LogP contribution is 2.15. The van der Waals surface area contributed by atoms with Crippen LogP contribution in [0.5, 0.6) is 0 Å². The number of aliphatic hydroxyl groups excluding tert-OH is 1. The topological polar surface area (TPSA) is 86.7 Å². The van der Waals surface area contributed by atoms with Crippen molar-refractivity contribution in [2.24, 2.45) is 0 Å². The predicted octanol–water partition coefficient (Wildman–Crippen LogP) is 1.09. The molecule has 90 valence electrons. The van der Waals surface area contributed by atoms with Gasteiger partial charge in [-0.15, -0.1) is 0 Å². The molecule has 0 bridgehead atoms. The highest BCUT2D eigenvalue weighted by molar-refractivity contribution is 5.82. The van der Waals surface area contributed by atoms with Crippen molar-refractivity contribution < 1.29 is 5.11 Å². The lowest BCUT2D eigenvalue weighted by Crippen LogP contribution is -2.14. The quantitative estimate of drug-likeness (QED) is 0.688. The van der Waals surface area contributed by atoms with Gasteiger partial charge in [-0.2, -0.15) is 0 Å². The molecule has 0 aliphatic rings. The first-order valence-corrected chi connectivity index (χ1v) is 5.39. The second kappa shape index (κ2) is 4.92. The molecule has 0 saturated heterocycles. The summed E-state index contributed by atoms with van der Waals surface area (Å²) in [4.78, 5) is 15.3. The van der Waals surface area contributed by atoms with Crippen molar-refractivity contribution in [1.29, 1.82) is 0 Å². The SMILES string of the molecule is C/C(=C/[C@H](C)Nc1ncnc2nc[nH]c12)CO. The third-order valence-corrected chi connectivity index (χ3v) is 2.37. The molecule has 2 rings (SSSR count). The maximum atomic E-state index is 8.95. The monoisotopic (exact) mass is 233 g/mol. The Morgan fingerprint density at radius 3 is 3.12 bits per heavy atom. The van der Waals surface area contributed by atoms with Crippen LogP contribution in [0.2, 0.25) is 0 Å². The van der Waals surface area contributed by atoms with Gasteiger partial charge >= 0.3 is 0 Å². The van der Waals surface area contributed by atoms with Gasteiger partial charge in [0.2, 0.25) is 0 Å². The molecule has 6 heteroatoms. The zero-order valence-electron chi connectivity index (χ0n) is 9.81. The Hall–Kier alpha value is -1.95. The van der Waals surface area contributed by atoms with E-state index in [0.29, 0.717) is 11.5 Å². The fraction of sp³-hybridized carbons (Fsp3) is 0.364. The maximum Gasteiger partial charge on any atom is 0.182 e. The molecule has 0 amide bonds. The summed E-state index contributed by atoms with van der Waals surface area (Å²) in [6, 6.07) is 0.0727. The van der Waals surface area contributed by atoms with Gasteiger partial charge in [-0.1, -0.05) is 11.6 Å². The van der Waals surface area contributed by atoms with Crippen LogP contribution in [0.15, 0.2) is 24.3 Å². The molecule has 0 aromatic carbocycles. The fourth-order valence-corrected chi connectivity index (χ4v) is 1.61. The Morgan fingerprint density at radius 2 is 2.35 bits per heavy atom. The van der Waals surface area contributed by atoms with Crippen LogP contribution in [0.25, 0.3) is 11.2 Å². The Labute approximate surface area is 98.8 Å². The van der Waals surface area contributed by atoms with Gasteiger partial charge in [0.15, 0.2) is 11.5 Å². The smallest absolute Gasteiger partial charge is 0.182 e. The molecule has 2 aromatic heterocycles. The Kier molecular flexibility index (Phi) is 3.34. The Morgan fingerprint density at radius 1 is 1.53 bits per heavy atom. The number of nitrogens with zero attached hydrogens (tertiary/aromatic N) is 3. The van der Waals surface area contributed by atoms with Gasteiger partial charge in [-0.05, 0) is 13.8 Å². The van der Waals surface area contributed by atoms with E-state index in [9.17, 15) is 0 Å². The lowest BCUT2D eigenvalue weighted by molar-refractivity contribution is 0.331. The molecular weight excluding hydrogens is 218 g/mol. The van der Waals surface area contributed by atoms with E-state index in [1.807, 2.05) is 19.9 Å². The summed E-state index contributed by atoms with van der Waals surface area (Å²) in [5.41, 5.74) is 2.34. The van der Waals surface area contributed by atoms with E-state index in [4.69, 9.17) is 5.11 Å². The normalized spacial score (nSPS) is 13.9. The fourth-order valence-electron chi connectivity index (χ4n) is 1.61. The van der Waals surface area contributed by atoms with Gasteiger partial charge in [0.25, 0.3) is 0 Å². The van der Waals surface area contributed by atoms with Crippen molar-refractivity contribution in [3.8, 4) is 0 Å². The zero-order chi connectivity index (χ0) is 12.3. The average molecular weight is 233 g/mol. The van der Waals surface area contributed by atoms with E-state index in [1.165, 1.54) is 6.33 Å². The molecule has 0 unspecified atom stereocenters. The van der Waals surface area contributed by atoms with Crippen LogP contribution in [0.1, 0.15) is 13.8 Å². The second-order valence-electron chi connectivity index (χ2n) is 3.93. The number of rotatable bonds is 4. The lowest BCUT2D eigenvalue weighted by Gasteiger charge is -2.11. The number of anilines is 1. The minimum atomic E-state index is 0.0647. The van der Waals surface area contributed by atoms with Gasteiger partial charge in [0.05, 0.1) is 12.9 Å². The van der Waals surface area contributed by atoms with Gasteiger partial charge < -0.3 is 15.4 Å². The standard InChI is InChI=1S/C11H15N5O/c1-7(4-17)3-8(2)16-11-9-10(13-5-12-9)14-6-15-11/h3,5-6,8,17H,4H2,1-2H3,(H2,12,13,14,15,16)/b7-3-/t8-/m0/s1. The molecule has 17 heavy (non-hydrogen) atoms. The molecule has 0 aliphatic heterocycles. The minimum absolute atomic E-state index is 0.0647. The molecule has 0 fully saturated rings. The van der Waals surface area contributed by atoms with Crippen molar-refractivity contribution in [2.45, 2.75) is 19.9 Å². The van der Waals surface area contributed by atoms with E-state index in [2.05, 4.69) is 25.3 Å². The largest absolute Gasteiger partial charge is 0.392 e. The van der Waals surface area contributed by atoms with Crippen LogP contribution >= 0.6 is 0 Å². The first kappa shape index (κ1) is 11.5. The summed E-state index contributed by atoms with van der Waals surface area (Å²) in [6.45, 7) is 3.93. The van der Waals surface area contributed by atoms with Crippen LogP contribution in [0.3, 0.4) is 0 Å². The molecular formula is C11H15N5O. The number of nitrogens with one attached hydrogen (secondary N) is 2. The van der Waals surface area contributed by atoms with E-state index in [-0.39, 0.29) is 12.6 Å². The summed E-state index contributed by atoms with van der Waals surface area (Å²) in [5.74, 6) is 0.710. The van der Waals surface area contributed by atoms with Crippen molar-refractivity contribution in [1.82, 2.24) is 19.9 Å². The highest BCUT2D eigenvalue weighted by atomic mass is 16.3. The molecule has 2 aromatic rings. The van der Waals surface area contributed by atoms with E-state index in [1.54, 1.807) is 6.33 Å². The van der Waals surface area contributed by atoms with E-state index < -0.39 is 0 Å². The number of fused-ring (bicyclic) bond motifs is 1. The van der Waals surface area contributed by atoms with E-state index >= 15 is 0 Å². The number of imidazole rings is 1. The lowest BCUT2D eigenvalue weighted by atomic mass is 10.2. The molecule has 0 saturated carbocycles. The average Bonchev–Trinajstić information content (AvgIpc) is 2.78. The van der Waals surface area contributed by atoms with Crippen LogP contribution in [-0.4, -0.2) is 37.7 Å². The molecule has 0 aliphatic carbocycles. The van der Waals surface area contributed by atoms with Gasteiger partial charge in [-0.3, -0.25) is 0 Å². The molecule has 3 N–H and O–H groups in total. The van der Waals surface area contributed by atoms with Crippen LogP contribution in [0.4, 0.5) is 5.82 Å². The highest BCUT2D eigenvalue weighted by Gasteiger charge is 2.07. The van der Waals surface area contributed by atoms with Crippen molar-refractivity contribution in [3.63, 3.8) is 0 Å². The second-order valence-corrected chi connectivity index (χ2v) is 3.93. The molecule has 0 spiro atoms. The summed E-state index contributed by atoms with van der Waals surface area (Å²) in [6.07, 6.45) is 5.01. The third kappa shape index (κ3) is 2.59. The maximum absolute atomic E-state index is 8.95. The number of H-pyrrole nitrogens is 1. The van der Waals surface area contributed by atoms with Crippen molar-refractivity contribution >= 4 is 17.0 Å². The first-order chi connectivity index (χ1) is 8.20. The number of aromatic nitrogens is 4. The third-order valence-electron chi connectivity index (χ3n) is 2.37. The van der Waals surface area contributed by atoms with Crippen LogP contribution in [-0.2, 0) is 0 Å². The van der Waals surface area contributed by atoms with Crippen molar-refractivity contribution in [3.05, 3.63) is 24.3 Å². The summed E-state index contributed by atoms with van der Waals surface area (Å²) < 4.78 is 0. The number of hydrogen-bond donors (Lipinski definition) is 3. The first-order valence-electron chi connectivity index (χ1n) is 5.39. The van der Waals surface area contributed by atoms with E-state index in [0.717, 1.165) is 11.1 Å². The summed E-state index contributed by atoms with van der Waals surface area (Å²) in [5, 5.41) is 12.2. The molecule has 1 atom stereocenters. The van der Waals surface area contributed by atoms with Crippen LogP contribution < -0.4 is 5.32 Å². The van der Waals surface area contributed by atoms with Crippen molar-refractivity contribution in [2.75, 3.05) is 11.9 Å². The number of aromatic amines is 1. The minimum Gasteiger partial charge on any atom is -0.392 e. The van der Waals surface area contributed by atoms with Gasteiger partial charge in [-0.25, -0.2) is 15.0 Å². The van der Waals surface area contributed by atoms with Gasteiger partial charge in [0, 0.05) is 6.04 Å². The Bertz CT molecular complexity index is 533. The zero-order valence-corrected chi connectivity index (χ0v) is 9.81. The van der Waals surface area contributed by atoms with Gasteiger partial charge in [0.1, 0.15) is 11.8 Å². The Balaban J connectivity index is 2.21. The molecule has 6 nitrogen and oxygen atoms in total. The number of hydrogen-bond acceptors (Lipinski definition) is 5. The number of aliphatic hydroxyl groups is 1.